The fourth-order valence-electron chi connectivity index (χ4n) is 1.18. The first-order valence-corrected chi connectivity index (χ1v) is 5.95. The Bertz CT molecular complexity index is 559. The minimum Gasteiger partial charge on any atom is -0.382 e. The Morgan fingerprint density at radius 2 is 2.12 bits per heavy atom. The fraction of sp³-hybridized carbons (Fsp3) is 0. The molecule has 0 amide bonds. The summed E-state index contributed by atoms with van der Waals surface area (Å²) >= 11 is 7.42. The standard InChI is InChI=1S/C11H9ClN4S/c12-8-2-1-4-16-11(8)17-7-3-5-15-9(6-7)10(13)14/h1-6H,(H3,13,14). The van der Waals surface area contributed by atoms with Crippen molar-refractivity contribution in [1.29, 1.82) is 5.41 Å². The maximum absolute atomic E-state index is 7.32. The molecular formula is C11H9ClN4S. The van der Waals surface area contributed by atoms with Crippen LogP contribution in [0.5, 0.6) is 0 Å². The van der Waals surface area contributed by atoms with Gasteiger partial charge in [-0.1, -0.05) is 23.4 Å². The van der Waals surface area contributed by atoms with Crippen molar-refractivity contribution >= 4 is 29.2 Å². The first-order chi connectivity index (χ1) is 8.16. The maximum Gasteiger partial charge on any atom is 0.141 e. The summed E-state index contributed by atoms with van der Waals surface area (Å²) in [6, 6.07) is 7.12. The molecule has 0 saturated carbocycles. The number of hydrogen-bond donors (Lipinski definition) is 2. The van der Waals surface area contributed by atoms with Gasteiger partial charge in [0.25, 0.3) is 0 Å². The molecule has 0 aliphatic carbocycles. The first kappa shape index (κ1) is 11.9. The molecule has 0 aliphatic rings. The second-order valence-corrected chi connectivity index (χ2v) is 4.65. The van der Waals surface area contributed by atoms with E-state index in [2.05, 4.69) is 9.97 Å². The lowest BCUT2D eigenvalue weighted by molar-refractivity contribution is 1.13. The summed E-state index contributed by atoms with van der Waals surface area (Å²) in [7, 11) is 0. The number of nitrogens with zero attached hydrogens (tertiary/aromatic N) is 2. The number of hydrogen-bond acceptors (Lipinski definition) is 4. The van der Waals surface area contributed by atoms with E-state index in [1.54, 1.807) is 30.6 Å². The van der Waals surface area contributed by atoms with Gasteiger partial charge in [0.1, 0.15) is 16.6 Å². The topological polar surface area (TPSA) is 75.7 Å². The zero-order valence-corrected chi connectivity index (χ0v) is 10.3. The molecule has 0 fully saturated rings. The summed E-state index contributed by atoms with van der Waals surface area (Å²) in [5.74, 6) is -0.0560. The molecule has 2 rings (SSSR count). The Morgan fingerprint density at radius 3 is 2.82 bits per heavy atom. The Labute approximate surface area is 108 Å². The summed E-state index contributed by atoms with van der Waals surface area (Å²) < 4.78 is 0. The third kappa shape index (κ3) is 2.95. The van der Waals surface area contributed by atoms with Crippen LogP contribution in [0.4, 0.5) is 0 Å². The third-order valence-corrected chi connectivity index (χ3v) is 3.37. The molecule has 86 valence electrons. The van der Waals surface area contributed by atoms with Gasteiger partial charge in [0.05, 0.1) is 5.02 Å². The van der Waals surface area contributed by atoms with E-state index in [0.717, 1.165) is 9.92 Å². The molecule has 6 heteroatoms. The van der Waals surface area contributed by atoms with Crippen LogP contribution in [-0.4, -0.2) is 15.8 Å². The number of pyridine rings is 2. The highest BCUT2D eigenvalue weighted by Crippen LogP contribution is 2.30. The highest BCUT2D eigenvalue weighted by Gasteiger charge is 2.05. The molecule has 17 heavy (non-hydrogen) atoms. The molecule has 2 heterocycles. The van der Waals surface area contributed by atoms with E-state index in [-0.39, 0.29) is 5.84 Å². The summed E-state index contributed by atoms with van der Waals surface area (Å²) in [4.78, 5) is 9.05. The predicted molar refractivity (Wildman–Crippen MR) is 68.6 cm³/mol. The molecule has 0 radical (unpaired) electrons. The van der Waals surface area contributed by atoms with Crippen molar-refractivity contribution in [3.63, 3.8) is 0 Å². The first-order valence-electron chi connectivity index (χ1n) is 4.75. The van der Waals surface area contributed by atoms with E-state index in [4.69, 9.17) is 22.7 Å². The van der Waals surface area contributed by atoms with Crippen LogP contribution in [0.25, 0.3) is 0 Å². The number of rotatable bonds is 3. The van der Waals surface area contributed by atoms with Gasteiger partial charge in [-0.3, -0.25) is 10.4 Å². The van der Waals surface area contributed by atoms with E-state index in [0.29, 0.717) is 10.7 Å². The minimum atomic E-state index is -0.0560. The normalized spacial score (nSPS) is 10.2. The highest BCUT2D eigenvalue weighted by atomic mass is 35.5. The quantitative estimate of drug-likeness (QED) is 0.660. The molecule has 0 aliphatic heterocycles. The largest absolute Gasteiger partial charge is 0.382 e. The van der Waals surface area contributed by atoms with Gasteiger partial charge in [0, 0.05) is 17.3 Å². The second kappa shape index (κ2) is 5.16. The fourth-order valence-corrected chi connectivity index (χ4v) is 2.22. The molecule has 0 unspecified atom stereocenters. The molecule has 0 spiro atoms. The van der Waals surface area contributed by atoms with Crippen LogP contribution in [0, 0.1) is 5.41 Å². The van der Waals surface area contributed by atoms with E-state index in [1.807, 2.05) is 6.07 Å². The van der Waals surface area contributed by atoms with Gasteiger partial charge >= 0.3 is 0 Å². The SMILES string of the molecule is N=C(N)c1cc(Sc2ncccc2Cl)ccn1. The van der Waals surface area contributed by atoms with Crippen molar-refractivity contribution in [3.05, 3.63) is 47.4 Å². The molecule has 2 aromatic rings. The average molecular weight is 265 g/mol. The number of aromatic nitrogens is 2. The second-order valence-electron chi connectivity index (χ2n) is 3.18. The lowest BCUT2D eigenvalue weighted by Gasteiger charge is -2.04. The summed E-state index contributed by atoms with van der Waals surface area (Å²) in [6.07, 6.45) is 3.29. The average Bonchev–Trinajstić information content (AvgIpc) is 2.32. The van der Waals surface area contributed by atoms with Gasteiger partial charge in [-0.2, -0.15) is 0 Å². The number of nitrogens with two attached hydrogens (primary N) is 1. The van der Waals surface area contributed by atoms with Crippen molar-refractivity contribution in [2.45, 2.75) is 9.92 Å². The lowest BCUT2D eigenvalue weighted by Crippen LogP contribution is -2.12. The van der Waals surface area contributed by atoms with Gasteiger partial charge in [-0.15, -0.1) is 0 Å². The lowest BCUT2D eigenvalue weighted by atomic mass is 10.3. The minimum absolute atomic E-state index is 0.0560. The van der Waals surface area contributed by atoms with Gasteiger partial charge in [-0.05, 0) is 24.3 Å². The van der Waals surface area contributed by atoms with Gasteiger partial charge in [0.2, 0.25) is 0 Å². The molecule has 2 aromatic heterocycles. The van der Waals surface area contributed by atoms with Crippen molar-refractivity contribution in [3.8, 4) is 0 Å². The molecule has 3 N–H and O–H groups in total. The molecule has 0 bridgehead atoms. The van der Waals surface area contributed by atoms with E-state index < -0.39 is 0 Å². The highest BCUT2D eigenvalue weighted by molar-refractivity contribution is 7.99. The van der Waals surface area contributed by atoms with Gasteiger partial charge in [-0.25, -0.2) is 4.98 Å². The van der Waals surface area contributed by atoms with E-state index in [1.165, 1.54) is 11.8 Å². The van der Waals surface area contributed by atoms with Crippen molar-refractivity contribution in [1.82, 2.24) is 9.97 Å². The van der Waals surface area contributed by atoms with Crippen LogP contribution in [0.3, 0.4) is 0 Å². The number of nitrogen functional groups attached to an aromatic ring is 1. The summed E-state index contributed by atoms with van der Waals surface area (Å²) in [5.41, 5.74) is 5.82. The Balaban J connectivity index is 2.28. The summed E-state index contributed by atoms with van der Waals surface area (Å²) in [5, 5.41) is 8.63. The molecule has 4 nitrogen and oxygen atoms in total. The van der Waals surface area contributed by atoms with Crippen LogP contribution >= 0.6 is 23.4 Å². The van der Waals surface area contributed by atoms with E-state index >= 15 is 0 Å². The number of nitrogens with one attached hydrogen (secondary N) is 1. The summed E-state index contributed by atoms with van der Waals surface area (Å²) in [6.45, 7) is 0. The van der Waals surface area contributed by atoms with Gasteiger partial charge < -0.3 is 5.73 Å². The van der Waals surface area contributed by atoms with Crippen LogP contribution in [0.2, 0.25) is 5.02 Å². The van der Waals surface area contributed by atoms with Crippen molar-refractivity contribution in [2.24, 2.45) is 5.73 Å². The predicted octanol–water partition coefficient (Wildman–Crippen LogP) is 2.57. The van der Waals surface area contributed by atoms with Crippen LogP contribution in [-0.2, 0) is 0 Å². The van der Waals surface area contributed by atoms with Crippen LogP contribution in [0.1, 0.15) is 5.69 Å². The molecule has 0 atom stereocenters. The molecule has 0 saturated heterocycles. The Kier molecular flexibility index (Phi) is 3.61. The molecule has 0 aromatic carbocycles. The smallest absolute Gasteiger partial charge is 0.141 e. The molecular weight excluding hydrogens is 256 g/mol. The van der Waals surface area contributed by atoms with Crippen LogP contribution < -0.4 is 5.73 Å². The van der Waals surface area contributed by atoms with Crippen LogP contribution in [0.15, 0.2) is 46.6 Å². The van der Waals surface area contributed by atoms with Gasteiger partial charge in [0.15, 0.2) is 0 Å². The van der Waals surface area contributed by atoms with Crippen molar-refractivity contribution in [2.75, 3.05) is 0 Å². The number of halogens is 1. The maximum atomic E-state index is 7.32. The monoisotopic (exact) mass is 264 g/mol. The van der Waals surface area contributed by atoms with Crippen molar-refractivity contribution < 1.29 is 0 Å². The number of amidine groups is 1. The third-order valence-electron chi connectivity index (χ3n) is 1.95. The Hall–Kier alpha value is -1.59. The Morgan fingerprint density at radius 1 is 1.29 bits per heavy atom. The van der Waals surface area contributed by atoms with E-state index in [9.17, 15) is 0 Å². The zero-order chi connectivity index (χ0) is 12.3. The zero-order valence-electron chi connectivity index (χ0n) is 8.72.